The predicted octanol–water partition coefficient (Wildman–Crippen LogP) is 2.18. The molecule has 2 aromatic rings. The number of hydrogen-bond acceptors (Lipinski definition) is 3. The van der Waals surface area contributed by atoms with Crippen molar-refractivity contribution in [1.82, 2.24) is 10.4 Å². The van der Waals surface area contributed by atoms with Gasteiger partial charge in [-0.15, -0.1) is 0 Å². The number of carbonyl (C=O) groups is 1. The van der Waals surface area contributed by atoms with E-state index in [4.69, 9.17) is 4.74 Å². The van der Waals surface area contributed by atoms with E-state index < -0.39 is 6.03 Å². The average Bonchev–Trinajstić information content (AvgIpc) is 2.92. The van der Waals surface area contributed by atoms with Crippen LogP contribution in [0.4, 0.5) is 10.5 Å². The van der Waals surface area contributed by atoms with Gasteiger partial charge in [0.1, 0.15) is 5.75 Å². The Kier molecular flexibility index (Phi) is 4.17. The van der Waals surface area contributed by atoms with Crippen molar-refractivity contribution in [2.24, 2.45) is 5.10 Å². The number of ether oxygens (including phenoxy) is 1. The molecule has 1 heterocycles. The minimum Gasteiger partial charge on any atom is -0.497 e. The molecular weight excluding hydrogens is 244 g/mol. The van der Waals surface area contributed by atoms with E-state index in [1.54, 1.807) is 37.6 Å². The van der Waals surface area contributed by atoms with Crippen LogP contribution in [0, 0.1) is 0 Å². The van der Waals surface area contributed by atoms with Crippen molar-refractivity contribution < 1.29 is 9.53 Å². The highest BCUT2D eigenvalue weighted by Gasteiger charge is 2.00. The standard InChI is InChI=1S/C13H14N4O2/c1-19-12-6-2-4-10(8-12)16-13(18)17-15-9-11-5-3-7-14-11/h2-9,14H,1H3,(H2,16,17,18)/b15-9+. The van der Waals surface area contributed by atoms with Gasteiger partial charge in [-0.05, 0) is 24.3 Å². The maximum absolute atomic E-state index is 11.6. The maximum atomic E-state index is 11.6. The normalized spacial score (nSPS) is 10.4. The lowest BCUT2D eigenvalue weighted by Gasteiger charge is -2.05. The van der Waals surface area contributed by atoms with Crippen molar-refractivity contribution in [1.29, 1.82) is 0 Å². The minimum absolute atomic E-state index is 0.420. The third-order valence-corrected chi connectivity index (χ3v) is 2.32. The summed E-state index contributed by atoms with van der Waals surface area (Å²) in [6.45, 7) is 0. The molecule has 2 rings (SSSR count). The molecule has 6 nitrogen and oxygen atoms in total. The Labute approximate surface area is 110 Å². The minimum atomic E-state index is -0.420. The summed E-state index contributed by atoms with van der Waals surface area (Å²) in [7, 11) is 1.57. The Morgan fingerprint density at radius 1 is 1.37 bits per heavy atom. The SMILES string of the molecule is COc1cccc(NC(=O)N/N=C/c2ccc[nH]2)c1. The van der Waals surface area contributed by atoms with Gasteiger partial charge in [-0.25, -0.2) is 10.2 Å². The van der Waals surface area contributed by atoms with Crippen molar-refractivity contribution in [3.05, 3.63) is 48.3 Å². The monoisotopic (exact) mass is 258 g/mol. The second kappa shape index (κ2) is 6.25. The van der Waals surface area contributed by atoms with Crippen LogP contribution in [-0.4, -0.2) is 24.3 Å². The molecule has 0 spiro atoms. The number of hydrazone groups is 1. The number of methoxy groups -OCH3 is 1. The molecule has 98 valence electrons. The molecule has 19 heavy (non-hydrogen) atoms. The largest absolute Gasteiger partial charge is 0.497 e. The molecule has 1 aromatic heterocycles. The fraction of sp³-hybridized carbons (Fsp3) is 0.0769. The van der Waals surface area contributed by atoms with Crippen LogP contribution in [0.3, 0.4) is 0 Å². The van der Waals surface area contributed by atoms with Gasteiger partial charge in [-0.2, -0.15) is 5.10 Å². The van der Waals surface area contributed by atoms with E-state index in [-0.39, 0.29) is 0 Å². The zero-order chi connectivity index (χ0) is 13.5. The van der Waals surface area contributed by atoms with E-state index >= 15 is 0 Å². The Morgan fingerprint density at radius 3 is 3.00 bits per heavy atom. The maximum Gasteiger partial charge on any atom is 0.339 e. The molecule has 0 bridgehead atoms. The van der Waals surface area contributed by atoms with Crippen molar-refractivity contribution >= 4 is 17.9 Å². The molecule has 3 N–H and O–H groups in total. The van der Waals surface area contributed by atoms with E-state index in [9.17, 15) is 4.79 Å². The number of urea groups is 1. The number of aromatic nitrogens is 1. The molecular formula is C13H14N4O2. The van der Waals surface area contributed by atoms with Gasteiger partial charge in [-0.3, -0.25) is 0 Å². The first-order valence-corrected chi connectivity index (χ1v) is 5.65. The van der Waals surface area contributed by atoms with Crippen molar-refractivity contribution in [3.63, 3.8) is 0 Å². The highest BCUT2D eigenvalue weighted by Crippen LogP contribution is 2.16. The lowest BCUT2D eigenvalue weighted by Crippen LogP contribution is -2.24. The Balaban J connectivity index is 1.87. The summed E-state index contributed by atoms with van der Waals surface area (Å²) >= 11 is 0. The van der Waals surface area contributed by atoms with Crippen LogP contribution in [0.25, 0.3) is 0 Å². The van der Waals surface area contributed by atoms with Gasteiger partial charge in [0.15, 0.2) is 0 Å². The molecule has 0 unspecified atom stereocenters. The van der Waals surface area contributed by atoms with Crippen molar-refractivity contribution in [2.75, 3.05) is 12.4 Å². The summed E-state index contributed by atoms with van der Waals surface area (Å²) in [5.74, 6) is 0.674. The third-order valence-electron chi connectivity index (χ3n) is 2.32. The van der Waals surface area contributed by atoms with Crippen LogP contribution in [0.2, 0.25) is 0 Å². The molecule has 0 saturated carbocycles. The quantitative estimate of drug-likeness (QED) is 0.580. The van der Waals surface area contributed by atoms with Crippen LogP contribution in [0.5, 0.6) is 5.75 Å². The van der Waals surface area contributed by atoms with Gasteiger partial charge in [-0.1, -0.05) is 6.07 Å². The van der Waals surface area contributed by atoms with E-state index in [0.29, 0.717) is 11.4 Å². The number of carbonyl (C=O) groups excluding carboxylic acids is 1. The summed E-state index contributed by atoms with van der Waals surface area (Å²) in [5.41, 5.74) is 3.80. The van der Waals surface area contributed by atoms with E-state index in [1.807, 2.05) is 12.1 Å². The van der Waals surface area contributed by atoms with Gasteiger partial charge in [0.25, 0.3) is 0 Å². The Morgan fingerprint density at radius 2 is 2.26 bits per heavy atom. The summed E-state index contributed by atoms with van der Waals surface area (Å²) in [4.78, 5) is 14.5. The Hall–Kier alpha value is -2.76. The van der Waals surface area contributed by atoms with Gasteiger partial charge >= 0.3 is 6.03 Å². The van der Waals surface area contributed by atoms with E-state index in [1.165, 1.54) is 6.21 Å². The molecule has 0 aliphatic heterocycles. The fourth-order valence-corrected chi connectivity index (χ4v) is 1.44. The average molecular weight is 258 g/mol. The fourth-order valence-electron chi connectivity index (χ4n) is 1.44. The van der Waals surface area contributed by atoms with Crippen molar-refractivity contribution in [3.8, 4) is 5.75 Å². The first-order valence-electron chi connectivity index (χ1n) is 5.65. The molecule has 0 aliphatic rings. The second-order valence-electron chi connectivity index (χ2n) is 3.68. The lowest BCUT2D eigenvalue weighted by molar-refractivity contribution is 0.252. The molecule has 0 fully saturated rings. The number of amides is 2. The topological polar surface area (TPSA) is 78.5 Å². The van der Waals surface area contributed by atoms with E-state index in [0.717, 1.165) is 5.69 Å². The molecule has 1 aromatic carbocycles. The number of aromatic amines is 1. The zero-order valence-electron chi connectivity index (χ0n) is 10.4. The van der Waals surface area contributed by atoms with Gasteiger partial charge < -0.3 is 15.0 Å². The first kappa shape index (κ1) is 12.7. The number of hydrogen-bond donors (Lipinski definition) is 3. The number of H-pyrrole nitrogens is 1. The summed E-state index contributed by atoms with van der Waals surface area (Å²) < 4.78 is 5.06. The second-order valence-corrected chi connectivity index (χ2v) is 3.68. The summed E-state index contributed by atoms with van der Waals surface area (Å²) in [5, 5.41) is 6.45. The van der Waals surface area contributed by atoms with Gasteiger partial charge in [0.05, 0.1) is 19.0 Å². The number of nitrogens with one attached hydrogen (secondary N) is 3. The summed E-state index contributed by atoms with van der Waals surface area (Å²) in [6.07, 6.45) is 3.29. The molecule has 0 aliphatic carbocycles. The zero-order valence-corrected chi connectivity index (χ0v) is 10.4. The predicted molar refractivity (Wildman–Crippen MR) is 73.5 cm³/mol. The first-order chi connectivity index (χ1) is 9.28. The van der Waals surface area contributed by atoms with Crippen LogP contribution >= 0.6 is 0 Å². The Bertz CT molecular complexity index is 564. The highest BCUT2D eigenvalue weighted by molar-refractivity contribution is 5.90. The van der Waals surface area contributed by atoms with Gasteiger partial charge in [0.2, 0.25) is 0 Å². The lowest BCUT2D eigenvalue weighted by atomic mass is 10.3. The number of nitrogens with zero attached hydrogens (tertiary/aromatic N) is 1. The van der Waals surface area contributed by atoms with Gasteiger partial charge in [0, 0.05) is 18.0 Å². The number of rotatable bonds is 4. The van der Waals surface area contributed by atoms with Crippen molar-refractivity contribution in [2.45, 2.75) is 0 Å². The number of benzene rings is 1. The molecule has 0 saturated heterocycles. The van der Waals surface area contributed by atoms with Crippen LogP contribution in [-0.2, 0) is 0 Å². The van der Waals surface area contributed by atoms with E-state index in [2.05, 4.69) is 20.8 Å². The van der Waals surface area contributed by atoms with Crippen LogP contribution < -0.4 is 15.5 Å². The third kappa shape index (κ3) is 3.88. The smallest absolute Gasteiger partial charge is 0.339 e. The number of anilines is 1. The van der Waals surface area contributed by atoms with Crippen LogP contribution in [0.1, 0.15) is 5.69 Å². The highest BCUT2D eigenvalue weighted by atomic mass is 16.5. The molecule has 2 amide bonds. The summed E-state index contributed by atoms with van der Waals surface area (Å²) in [6, 6.07) is 10.3. The molecule has 0 atom stereocenters. The molecule has 6 heteroatoms. The van der Waals surface area contributed by atoms with Crippen LogP contribution in [0.15, 0.2) is 47.7 Å². The molecule has 0 radical (unpaired) electrons.